The summed E-state index contributed by atoms with van der Waals surface area (Å²) >= 11 is 5.31. The van der Waals surface area contributed by atoms with Crippen LogP contribution in [-0.4, -0.2) is 20.8 Å². The van der Waals surface area contributed by atoms with Crippen molar-refractivity contribution in [2.24, 2.45) is 0 Å². The van der Waals surface area contributed by atoms with E-state index in [1.54, 1.807) is 18.3 Å². The van der Waals surface area contributed by atoms with Gasteiger partial charge in [0, 0.05) is 23.1 Å². The average molecular weight is 394 g/mol. The number of hydrogen-bond donors (Lipinski definition) is 3. The van der Waals surface area contributed by atoms with Crippen LogP contribution in [0.15, 0.2) is 54.7 Å². The van der Waals surface area contributed by atoms with E-state index in [2.05, 4.69) is 34.3 Å². The van der Waals surface area contributed by atoms with E-state index < -0.39 is 0 Å². The maximum Gasteiger partial charge on any atom is 0.269 e. The van der Waals surface area contributed by atoms with Gasteiger partial charge in [0.25, 0.3) is 5.91 Å². The van der Waals surface area contributed by atoms with Gasteiger partial charge in [-0.05, 0) is 73.9 Å². The Kier molecular flexibility index (Phi) is 6.06. The first-order valence-corrected chi connectivity index (χ1v) is 9.47. The van der Waals surface area contributed by atoms with Crippen molar-refractivity contribution in [2.45, 2.75) is 27.2 Å². The van der Waals surface area contributed by atoms with Gasteiger partial charge in [-0.1, -0.05) is 25.1 Å². The Balaban J connectivity index is 1.60. The summed E-state index contributed by atoms with van der Waals surface area (Å²) in [6.07, 6.45) is 2.63. The summed E-state index contributed by atoms with van der Waals surface area (Å²) in [6, 6.07) is 15.2. The van der Waals surface area contributed by atoms with Gasteiger partial charge in [0.1, 0.15) is 0 Å². The molecule has 28 heavy (non-hydrogen) atoms. The van der Waals surface area contributed by atoms with Crippen LogP contribution in [0.1, 0.15) is 34.1 Å². The van der Waals surface area contributed by atoms with E-state index in [1.807, 2.05) is 48.9 Å². The second kappa shape index (κ2) is 8.67. The molecule has 3 rings (SSSR count). The normalized spacial score (nSPS) is 10.4. The number of aromatic nitrogens is 2. The Morgan fingerprint density at radius 2 is 1.82 bits per heavy atom. The van der Waals surface area contributed by atoms with Crippen molar-refractivity contribution in [3.8, 4) is 5.69 Å². The summed E-state index contributed by atoms with van der Waals surface area (Å²) in [5, 5.41) is 7.76. The number of nitrogens with one attached hydrogen (secondary N) is 3. The minimum atomic E-state index is -0.270. The number of hydrogen-bond acceptors (Lipinski definition) is 3. The number of carbonyl (C=O) groups is 1. The molecule has 0 saturated carbocycles. The SMILES string of the molecule is CCc1cccc(C)c1NC(=S)NNC(=O)c1ccc(-n2nccc2C)cc1. The van der Waals surface area contributed by atoms with Crippen LogP contribution in [0.25, 0.3) is 5.69 Å². The van der Waals surface area contributed by atoms with Crippen LogP contribution in [0.3, 0.4) is 0 Å². The van der Waals surface area contributed by atoms with Gasteiger partial charge in [0.15, 0.2) is 5.11 Å². The number of thiocarbonyl (C=S) groups is 1. The number of aryl methyl sites for hydroxylation is 3. The van der Waals surface area contributed by atoms with Crippen molar-refractivity contribution in [1.29, 1.82) is 0 Å². The summed E-state index contributed by atoms with van der Waals surface area (Å²) in [4.78, 5) is 12.4. The monoisotopic (exact) mass is 393 g/mol. The molecule has 144 valence electrons. The molecule has 7 heteroatoms. The highest BCUT2D eigenvalue weighted by Crippen LogP contribution is 2.20. The second-order valence-electron chi connectivity index (χ2n) is 6.43. The summed E-state index contributed by atoms with van der Waals surface area (Å²) in [7, 11) is 0. The van der Waals surface area contributed by atoms with Crippen molar-refractivity contribution in [1.82, 2.24) is 20.6 Å². The molecule has 0 atom stereocenters. The molecule has 6 nitrogen and oxygen atoms in total. The molecule has 0 saturated heterocycles. The topological polar surface area (TPSA) is 71.0 Å². The molecular weight excluding hydrogens is 370 g/mol. The lowest BCUT2D eigenvalue weighted by Crippen LogP contribution is -2.44. The minimum absolute atomic E-state index is 0.270. The van der Waals surface area contributed by atoms with Crippen molar-refractivity contribution in [3.63, 3.8) is 0 Å². The zero-order valence-corrected chi connectivity index (χ0v) is 16.9. The highest BCUT2D eigenvalue weighted by atomic mass is 32.1. The standard InChI is InChI=1S/C21H23N5OS/c1-4-16-7-5-6-14(2)19(16)23-21(28)25-24-20(27)17-8-10-18(11-9-17)26-15(3)12-13-22-26/h5-13H,4H2,1-3H3,(H,24,27)(H2,23,25,28). The van der Waals surface area contributed by atoms with Gasteiger partial charge < -0.3 is 5.32 Å². The van der Waals surface area contributed by atoms with Gasteiger partial charge in [-0.25, -0.2) is 4.68 Å². The van der Waals surface area contributed by atoms with E-state index in [4.69, 9.17) is 12.2 Å². The molecule has 0 aliphatic heterocycles. The number of rotatable bonds is 4. The summed E-state index contributed by atoms with van der Waals surface area (Å²) in [5.74, 6) is -0.270. The van der Waals surface area contributed by atoms with Crippen molar-refractivity contribution in [2.75, 3.05) is 5.32 Å². The van der Waals surface area contributed by atoms with E-state index in [0.29, 0.717) is 10.7 Å². The Hall–Kier alpha value is -3.19. The van der Waals surface area contributed by atoms with Crippen LogP contribution in [0, 0.1) is 13.8 Å². The fourth-order valence-electron chi connectivity index (χ4n) is 2.93. The lowest BCUT2D eigenvalue weighted by Gasteiger charge is -2.16. The van der Waals surface area contributed by atoms with Gasteiger partial charge >= 0.3 is 0 Å². The van der Waals surface area contributed by atoms with Crippen LogP contribution in [0.5, 0.6) is 0 Å². The van der Waals surface area contributed by atoms with E-state index in [-0.39, 0.29) is 5.91 Å². The Labute approximate surface area is 169 Å². The second-order valence-corrected chi connectivity index (χ2v) is 6.84. The van der Waals surface area contributed by atoms with Crippen LogP contribution < -0.4 is 16.2 Å². The van der Waals surface area contributed by atoms with Crippen LogP contribution in [0.2, 0.25) is 0 Å². The number of hydrazine groups is 1. The summed E-state index contributed by atoms with van der Waals surface area (Å²) in [5.41, 5.74) is 11.1. The van der Waals surface area contributed by atoms with E-state index in [0.717, 1.165) is 29.1 Å². The molecule has 0 spiro atoms. The molecule has 2 aromatic carbocycles. The first kappa shape index (κ1) is 19.6. The third-order valence-electron chi connectivity index (χ3n) is 4.47. The molecule has 0 bridgehead atoms. The maximum atomic E-state index is 12.4. The molecule has 1 amide bonds. The fourth-order valence-corrected chi connectivity index (χ4v) is 3.08. The first-order valence-electron chi connectivity index (χ1n) is 9.06. The van der Waals surface area contributed by atoms with E-state index >= 15 is 0 Å². The lowest BCUT2D eigenvalue weighted by atomic mass is 10.1. The van der Waals surface area contributed by atoms with Crippen LogP contribution in [-0.2, 0) is 6.42 Å². The van der Waals surface area contributed by atoms with Crippen molar-refractivity contribution >= 4 is 28.9 Å². The third kappa shape index (κ3) is 4.37. The fraction of sp³-hybridized carbons (Fsp3) is 0.190. The smallest absolute Gasteiger partial charge is 0.269 e. The average Bonchev–Trinajstić information content (AvgIpc) is 3.13. The predicted octanol–water partition coefficient (Wildman–Crippen LogP) is 3.68. The molecule has 3 N–H and O–H groups in total. The van der Waals surface area contributed by atoms with Crippen molar-refractivity contribution < 1.29 is 4.79 Å². The van der Waals surface area contributed by atoms with Crippen molar-refractivity contribution in [3.05, 3.63) is 77.1 Å². The summed E-state index contributed by atoms with van der Waals surface area (Å²) in [6.45, 7) is 6.09. The largest absolute Gasteiger partial charge is 0.331 e. The minimum Gasteiger partial charge on any atom is -0.331 e. The highest BCUT2D eigenvalue weighted by Gasteiger charge is 2.09. The molecular formula is C21H23N5OS. The molecule has 0 unspecified atom stereocenters. The highest BCUT2D eigenvalue weighted by molar-refractivity contribution is 7.80. The zero-order valence-electron chi connectivity index (χ0n) is 16.1. The first-order chi connectivity index (χ1) is 13.5. The number of nitrogens with zero attached hydrogens (tertiary/aromatic N) is 2. The molecule has 0 fully saturated rings. The molecule has 0 aliphatic carbocycles. The number of carbonyl (C=O) groups excluding carboxylic acids is 1. The third-order valence-corrected chi connectivity index (χ3v) is 4.68. The molecule has 1 aromatic heterocycles. The molecule has 1 heterocycles. The molecule has 0 aliphatic rings. The Bertz CT molecular complexity index is 994. The predicted molar refractivity (Wildman–Crippen MR) is 116 cm³/mol. The Morgan fingerprint density at radius 1 is 1.07 bits per heavy atom. The molecule has 3 aromatic rings. The van der Waals surface area contributed by atoms with Crippen LogP contribution in [0.4, 0.5) is 5.69 Å². The number of benzene rings is 2. The zero-order chi connectivity index (χ0) is 20.1. The van der Waals surface area contributed by atoms with Gasteiger partial charge in [-0.3, -0.25) is 15.6 Å². The lowest BCUT2D eigenvalue weighted by molar-refractivity contribution is 0.0944. The number of anilines is 1. The Morgan fingerprint density at radius 3 is 2.46 bits per heavy atom. The quantitative estimate of drug-likeness (QED) is 0.466. The number of para-hydroxylation sites is 1. The van der Waals surface area contributed by atoms with Gasteiger partial charge in [0.05, 0.1) is 5.69 Å². The van der Waals surface area contributed by atoms with E-state index in [1.165, 1.54) is 5.56 Å². The summed E-state index contributed by atoms with van der Waals surface area (Å²) < 4.78 is 1.81. The van der Waals surface area contributed by atoms with Gasteiger partial charge in [-0.2, -0.15) is 5.10 Å². The molecule has 0 radical (unpaired) electrons. The number of amides is 1. The van der Waals surface area contributed by atoms with Gasteiger partial charge in [-0.15, -0.1) is 0 Å². The van der Waals surface area contributed by atoms with E-state index in [9.17, 15) is 4.79 Å². The maximum absolute atomic E-state index is 12.4. The van der Waals surface area contributed by atoms with Gasteiger partial charge in [0.2, 0.25) is 0 Å². The van der Waals surface area contributed by atoms with Crippen LogP contribution >= 0.6 is 12.2 Å².